The van der Waals surface area contributed by atoms with Crippen molar-refractivity contribution in [3.8, 4) is 16.3 Å². The van der Waals surface area contributed by atoms with E-state index in [4.69, 9.17) is 4.18 Å². The summed E-state index contributed by atoms with van der Waals surface area (Å²) in [5.74, 6) is 0.205. The molecule has 0 atom stereocenters. The van der Waals surface area contributed by atoms with Gasteiger partial charge in [-0.1, -0.05) is 28.0 Å². The van der Waals surface area contributed by atoms with E-state index in [-0.39, 0.29) is 15.5 Å². The molecule has 0 spiro atoms. The molecular weight excluding hydrogens is 354 g/mol. The molecule has 0 N–H and O–H groups in total. The fraction of sp³-hybridized carbons (Fsp3) is 0.0667. The van der Waals surface area contributed by atoms with E-state index in [2.05, 4.69) is 4.98 Å². The van der Waals surface area contributed by atoms with E-state index in [1.165, 1.54) is 34.6 Å². The minimum Gasteiger partial charge on any atom is -0.379 e. The van der Waals surface area contributed by atoms with Gasteiger partial charge in [-0.2, -0.15) is 13.4 Å². The number of hydrogen-bond acceptors (Lipinski definition) is 7. The van der Waals surface area contributed by atoms with Crippen molar-refractivity contribution >= 4 is 30.8 Å². The monoisotopic (exact) mass is 365 g/mol. The average molecular weight is 365 g/mol. The predicted octanol–water partition coefficient (Wildman–Crippen LogP) is 3.31. The van der Waals surface area contributed by atoms with Crippen molar-refractivity contribution in [3.63, 3.8) is 0 Å². The summed E-state index contributed by atoms with van der Waals surface area (Å²) in [6.45, 7) is 1.88. The molecule has 8 heteroatoms. The normalized spacial score (nSPS) is 11.3. The maximum absolute atomic E-state index is 12.2. The first-order valence-electron chi connectivity index (χ1n) is 6.53. The summed E-state index contributed by atoms with van der Waals surface area (Å²) in [6.07, 6.45) is 0. The second-order valence-electron chi connectivity index (χ2n) is 4.72. The molecule has 23 heavy (non-hydrogen) atoms. The van der Waals surface area contributed by atoms with Gasteiger partial charge in [0.2, 0.25) is 0 Å². The van der Waals surface area contributed by atoms with Gasteiger partial charge in [0.25, 0.3) is 0 Å². The Bertz CT molecular complexity index is 971. The highest BCUT2D eigenvalue weighted by atomic mass is 32.9. The first-order chi connectivity index (χ1) is 10.9. The molecular formula is C15H11NO4S3. The first kappa shape index (κ1) is 15.9. The summed E-state index contributed by atoms with van der Waals surface area (Å²) in [7, 11) is -1.53. The summed E-state index contributed by atoms with van der Waals surface area (Å²) in [5, 5.41) is 0.605. The van der Waals surface area contributed by atoms with Crippen LogP contribution in [0, 0.1) is 6.92 Å². The largest absolute Gasteiger partial charge is 0.379 e. The van der Waals surface area contributed by atoms with Gasteiger partial charge in [0.1, 0.15) is 15.7 Å². The van der Waals surface area contributed by atoms with Crippen LogP contribution in [-0.4, -0.2) is 13.4 Å². The number of rotatable bonds is 4. The Morgan fingerprint density at radius 2 is 1.61 bits per heavy atom. The lowest BCUT2D eigenvalue weighted by atomic mass is 10.2. The van der Waals surface area contributed by atoms with E-state index in [0.29, 0.717) is 5.01 Å². The van der Waals surface area contributed by atoms with Gasteiger partial charge in [0.05, 0.1) is 0 Å². The third kappa shape index (κ3) is 3.66. The van der Waals surface area contributed by atoms with Crippen molar-refractivity contribution < 1.29 is 12.6 Å². The number of hydrogen-bond donors (Lipinski definition) is 0. The van der Waals surface area contributed by atoms with Crippen LogP contribution < -0.4 is 9.06 Å². The number of aryl methyl sites for hydroxylation is 1. The SMILES string of the molecule is Cc1ccc(S(=O)(=O)Oc2ccc(-c3nc(=O)ss3)cc2)cc1. The van der Waals surface area contributed by atoms with Crippen LogP contribution in [0.15, 0.2) is 58.2 Å². The lowest BCUT2D eigenvalue weighted by molar-refractivity contribution is 0.486. The van der Waals surface area contributed by atoms with Crippen LogP contribution in [-0.2, 0) is 10.1 Å². The van der Waals surface area contributed by atoms with Gasteiger partial charge >= 0.3 is 15.0 Å². The summed E-state index contributed by atoms with van der Waals surface area (Å²) in [5.41, 5.74) is 1.71. The Morgan fingerprint density at radius 1 is 0.957 bits per heavy atom. The zero-order valence-electron chi connectivity index (χ0n) is 11.9. The van der Waals surface area contributed by atoms with Gasteiger partial charge < -0.3 is 4.18 Å². The highest BCUT2D eigenvalue weighted by molar-refractivity contribution is 7.87. The van der Waals surface area contributed by atoms with Gasteiger partial charge in [-0.3, -0.25) is 4.79 Å². The minimum atomic E-state index is -3.86. The van der Waals surface area contributed by atoms with Crippen LogP contribution in [0.2, 0.25) is 0 Å². The zero-order chi connectivity index (χ0) is 16.4. The fourth-order valence-electron chi connectivity index (χ4n) is 1.84. The maximum Gasteiger partial charge on any atom is 0.339 e. The van der Waals surface area contributed by atoms with Crippen LogP contribution in [0.1, 0.15) is 5.56 Å². The predicted molar refractivity (Wildman–Crippen MR) is 90.7 cm³/mol. The first-order valence-corrected chi connectivity index (χ1v) is 10.1. The summed E-state index contributed by atoms with van der Waals surface area (Å²) < 4.78 is 29.5. The van der Waals surface area contributed by atoms with E-state index in [1.807, 2.05) is 6.92 Å². The van der Waals surface area contributed by atoms with Crippen molar-refractivity contribution in [2.24, 2.45) is 0 Å². The second kappa shape index (κ2) is 6.23. The van der Waals surface area contributed by atoms with Crippen LogP contribution in [0.25, 0.3) is 10.6 Å². The van der Waals surface area contributed by atoms with Crippen molar-refractivity contribution in [2.75, 3.05) is 0 Å². The van der Waals surface area contributed by atoms with Crippen molar-refractivity contribution in [1.82, 2.24) is 4.98 Å². The van der Waals surface area contributed by atoms with E-state index < -0.39 is 10.1 Å². The molecule has 0 aliphatic carbocycles. The molecule has 118 valence electrons. The Morgan fingerprint density at radius 3 is 2.17 bits per heavy atom. The van der Waals surface area contributed by atoms with E-state index in [9.17, 15) is 13.2 Å². The Labute approximate surface area is 140 Å². The van der Waals surface area contributed by atoms with E-state index in [0.717, 1.165) is 21.5 Å². The maximum atomic E-state index is 12.2. The second-order valence-corrected chi connectivity index (χ2v) is 8.34. The molecule has 3 aromatic rings. The highest BCUT2D eigenvalue weighted by Gasteiger charge is 2.16. The zero-order valence-corrected chi connectivity index (χ0v) is 14.4. The molecule has 5 nitrogen and oxygen atoms in total. The Balaban J connectivity index is 1.82. The molecule has 3 rings (SSSR count). The number of aromatic nitrogens is 1. The Hall–Kier alpha value is -2.03. The molecule has 1 heterocycles. The van der Waals surface area contributed by atoms with Crippen molar-refractivity contribution in [1.29, 1.82) is 0 Å². The lowest BCUT2D eigenvalue weighted by Gasteiger charge is -2.07. The molecule has 0 radical (unpaired) electrons. The van der Waals surface area contributed by atoms with Crippen LogP contribution in [0.3, 0.4) is 0 Å². The average Bonchev–Trinajstić information content (AvgIpc) is 2.95. The van der Waals surface area contributed by atoms with Crippen LogP contribution in [0.5, 0.6) is 5.75 Å². The molecule has 0 aliphatic rings. The lowest BCUT2D eigenvalue weighted by Crippen LogP contribution is -2.09. The molecule has 0 unspecified atom stereocenters. The molecule has 0 bridgehead atoms. The smallest absolute Gasteiger partial charge is 0.339 e. The molecule has 0 saturated carbocycles. The van der Waals surface area contributed by atoms with E-state index in [1.54, 1.807) is 24.3 Å². The number of nitrogens with zero attached hydrogens (tertiary/aromatic N) is 1. The summed E-state index contributed by atoms with van der Waals surface area (Å²) in [4.78, 5) is 14.8. The molecule has 0 saturated heterocycles. The quantitative estimate of drug-likeness (QED) is 0.524. The number of benzene rings is 2. The fourth-order valence-corrected chi connectivity index (χ4v) is 4.42. The molecule has 0 fully saturated rings. The van der Waals surface area contributed by atoms with Gasteiger partial charge in [0.15, 0.2) is 0 Å². The highest BCUT2D eigenvalue weighted by Crippen LogP contribution is 2.26. The standard InChI is InChI=1S/C15H11NO4S3/c1-10-2-8-13(9-3-10)23(18,19)20-12-6-4-11(5-7-12)14-16-15(17)22-21-14/h2-9H,1H3. The molecule has 1 aromatic heterocycles. The van der Waals surface area contributed by atoms with Crippen LogP contribution >= 0.6 is 20.7 Å². The van der Waals surface area contributed by atoms with E-state index >= 15 is 0 Å². The molecule has 0 aliphatic heterocycles. The topological polar surface area (TPSA) is 73.3 Å². The third-order valence-corrected chi connectivity index (χ3v) is 6.22. The minimum absolute atomic E-state index is 0.102. The van der Waals surface area contributed by atoms with Crippen LogP contribution in [0.4, 0.5) is 0 Å². The van der Waals surface area contributed by atoms with Crippen molar-refractivity contribution in [3.05, 3.63) is 63.8 Å². The third-order valence-electron chi connectivity index (χ3n) is 3.00. The van der Waals surface area contributed by atoms with Gasteiger partial charge in [-0.05, 0) is 53.7 Å². The van der Waals surface area contributed by atoms with Crippen molar-refractivity contribution in [2.45, 2.75) is 11.8 Å². The van der Waals surface area contributed by atoms with Gasteiger partial charge in [-0.25, -0.2) is 0 Å². The Kier molecular flexibility index (Phi) is 4.29. The molecule has 2 aromatic carbocycles. The summed E-state index contributed by atoms with van der Waals surface area (Å²) in [6, 6.07) is 12.9. The van der Waals surface area contributed by atoms with Gasteiger partial charge in [0, 0.05) is 5.56 Å². The van der Waals surface area contributed by atoms with Gasteiger partial charge in [-0.15, -0.1) is 0 Å². The summed E-state index contributed by atoms with van der Waals surface area (Å²) >= 11 is 0. The molecule has 0 amide bonds.